The molecule has 0 radical (unpaired) electrons. The summed E-state index contributed by atoms with van der Waals surface area (Å²) < 4.78 is 10.6. The molecule has 0 saturated heterocycles. The number of rotatable bonds is 9. The van der Waals surface area contributed by atoms with Crippen LogP contribution in [0.1, 0.15) is 59.9 Å². The van der Waals surface area contributed by atoms with Crippen LogP contribution in [0, 0.1) is 0 Å². The molecule has 1 aromatic carbocycles. The van der Waals surface area contributed by atoms with Crippen LogP contribution in [0.4, 0.5) is 4.79 Å². The highest BCUT2D eigenvalue weighted by atomic mass is 16.6. The van der Waals surface area contributed by atoms with Gasteiger partial charge in [-0.15, -0.1) is 0 Å². The number of aromatic amines is 1. The predicted molar refractivity (Wildman–Crippen MR) is 134 cm³/mol. The van der Waals surface area contributed by atoms with Gasteiger partial charge in [0.1, 0.15) is 23.3 Å². The van der Waals surface area contributed by atoms with Crippen molar-refractivity contribution in [3.63, 3.8) is 0 Å². The molecule has 3 N–H and O–H groups in total. The summed E-state index contributed by atoms with van der Waals surface area (Å²) in [7, 11) is 1.37. The summed E-state index contributed by atoms with van der Waals surface area (Å²) in [6.45, 7) is 10.2. The molecule has 0 fully saturated rings. The van der Waals surface area contributed by atoms with Crippen LogP contribution in [-0.4, -0.2) is 69.3 Å². The van der Waals surface area contributed by atoms with E-state index in [0.717, 1.165) is 21.4 Å². The molecular weight excluding hydrogens is 466 g/mol. The average Bonchev–Trinajstić information content (AvgIpc) is 3.14. The fourth-order valence-corrected chi connectivity index (χ4v) is 3.66. The Morgan fingerprint density at radius 2 is 1.64 bits per heavy atom. The number of likely N-dealkylation sites (N-methyl/N-ethyl adjacent to an activating group) is 1. The van der Waals surface area contributed by atoms with Gasteiger partial charge in [0.05, 0.1) is 0 Å². The second-order valence-electron chi connectivity index (χ2n) is 10.7. The number of esters is 1. The monoisotopic (exact) mass is 503 g/mol. The van der Waals surface area contributed by atoms with Crippen molar-refractivity contribution in [1.82, 2.24) is 15.2 Å². The largest absolute Gasteiger partial charge is 0.480 e. The minimum Gasteiger partial charge on any atom is -0.480 e. The van der Waals surface area contributed by atoms with Gasteiger partial charge >= 0.3 is 18.0 Å². The first-order valence-electron chi connectivity index (χ1n) is 11.8. The standard InChI is InChI=1S/C26H37N3O7/c1-25(2,3)35-21(30)13-12-19(28-24(34)36-26(4,5)6)22(31)29(7)20(23(32)33)14-16-15-27-18-11-9-8-10-17(16)18/h8-11,15,19-20,27H,12-14H2,1-7H3,(H,28,34)(H,32,33)/t19?,20-/m1/s1. The summed E-state index contributed by atoms with van der Waals surface area (Å²) >= 11 is 0. The van der Waals surface area contributed by atoms with E-state index in [-0.39, 0.29) is 19.3 Å². The lowest BCUT2D eigenvalue weighted by Crippen LogP contribution is -2.53. The second-order valence-corrected chi connectivity index (χ2v) is 10.7. The number of hydrogen-bond acceptors (Lipinski definition) is 6. The Hall–Kier alpha value is -3.56. The van der Waals surface area contributed by atoms with E-state index in [1.807, 2.05) is 24.3 Å². The lowest BCUT2D eigenvalue weighted by atomic mass is 10.0. The second kappa shape index (κ2) is 11.5. The number of carbonyl (C=O) groups excluding carboxylic acids is 3. The number of para-hydroxylation sites is 1. The molecule has 0 saturated carbocycles. The molecule has 0 aliphatic carbocycles. The molecule has 2 aromatic rings. The molecule has 198 valence electrons. The number of fused-ring (bicyclic) bond motifs is 1. The summed E-state index contributed by atoms with van der Waals surface area (Å²) in [5, 5.41) is 13.3. The van der Waals surface area contributed by atoms with E-state index in [1.54, 1.807) is 47.7 Å². The minimum atomic E-state index is -1.21. The first kappa shape index (κ1) is 28.7. The van der Waals surface area contributed by atoms with E-state index in [0.29, 0.717) is 0 Å². The maximum Gasteiger partial charge on any atom is 0.408 e. The maximum atomic E-state index is 13.4. The van der Waals surface area contributed by atoms with Crippen molar-refractivity contribution in [3.05, 3.63) is 36.0 Å². The van der Waals surface area contributed by atoms with E-state index in [1.165, 1.54) is 7.05 Å². The molecule has 0 bridgehead atoms. The summed E-state index contributed by atoms with van der Waals surface area (Å²) in [5.74, 6) is -2.39. The number of H-pyrrole nitrogens is 1. The van der Waals surface area contributed by atoms with Crippen LogP contribution in [0.25, 0.3) is 10.9 Å². The van der Waals surface area contributed by atoms with Crippen molar-refractivity contribution in [2.24, 2.45) is 0 Å². The number of carboxylic acids is 1. The topological polar surface area (TPSA) is 138 Å². The molecule has 10 nitrogen and oxygen atoms in total. The number of alkyl carbamates (subject to hydrolysis) is 1. The molecule has 10 heteroatoms. The van der Waals surface area contributed by atoms with Gasteiger partial charge in [0.25, 0.3) is 0 Å². The number of ether oxygens (including phenoxy) is 2. The normalized spacial score (nSPS) is 13.5. The molecule has 0 aliphatic rings. The minimum absolute atomic E-state index is 0.0484. The zero-order chi connectivity index (χ0) is 27.3. The van der Waals surface area contributed by atoms with Gasteiger partial charge in [-0.3, -0.25) is 9.59 Å². The molecule has 1 aromatic heterocycles. The highest BCUT2D eigenvalue weighted by Crippen LogP contribution is 2.21. The number of benzene rings is 1. The number of nitrogens with zero attached hydrogens (tertiary/aromatic N) is 1. The SMILES string of the molecule is CN(C(=O)C(CCC(=O)OC(C)(C)C)NC(=O)OC(C)(C)C)[C@H](Cc1c[nH]c2ccccc12)C(=O)O. The van der Waals surface area contributed by atoms with E-state index in [2.05, 4.69) is 10.3 Å². The van der Waals surface area contributed by atoms with E-state index >= 15 is 0 Å². The number of aromatic nitrogens is 1. The molecule has 2 amide bonds. The molecule has 2 rings (SSSR count). The van der Waals surface area contributed by atoms with Gasteiger partial charge in [-0.25, -0.2) is 9.59 Å². The van der Waals surface area contributed by atoms with Gasteiger partial charge in [-0.1, -0.05) is 18.2 Å². The molecule has 1 unspecified atom stereocenters. The van der Waals surface area contributed by atoms with Crippen LogP contribution >= 0.6 is 0 Å². The zero-order valence-corrected chi connectivity index (χ0v) is 22.0. The molecule has 0 spiro atoms. The van der Waals surface area contributed by atoms with Crippen LogP contribution in [0.2, 0.25) is 0 Å². The first-order chi connectivity index (χ1) is 16.6. The van der Waals surface area contributed by atoms with Crippen LogP contribution in [0.3, 0.4) is 0 Å². The van der Waals surface area contributed by atoms with Crippen LogP contribution in [0.5, 0.6) is 0 Å². The van der Waals surface area contributed by atoms with Gasteiger partial charge < -0.3 is 29.8 Å². The van der Waals surface area contributed by atoms with Gasteiger partial charge in [-0.05, 0) is 59.6 Å². The Kier molecular flexibility index (Phi) is 9.12. The highest BCUT2D eigenvalue weighted by molar-refractivity contribution is 5.90. The smallest absolute Gasteiger partial charge is 0.408 e. The van der Waals surface area contributed by atoms with Crippen LogP contribution in [-0.2, 0) is 30.3 Å². The lowest BCUT2D eigenvalue weighted by molar-refractivity contribution is -0.155. The Bertz CT molecular complexity index is 1090. The Labute approximate surface area is 211 Å². The van der Waals surface area contributed by atoms with Crippen molar-refractivity contribution in [1.29, 1.82) is 0 Å². The predicted octanol–water partition coefficient (Wildman–Crippen LogP) is 3.64. The van der Waals surface area contributed by atoms with Gasteiger partial charge in [0, 0.05) is 37.0 Å². The highest BCUT2D eigenvalue weighted by Gasteiger charge is 2.34. The third kappa shape index (κ3) is 8.58. The number of hydrogen-bond donors (Lipinski definition) is 3. The maximum absolute atomic E-state index is 13.4. The summed E-state index contributed by atoms with van der Waals surface area (Å²) in [5.41, 5.74) is 0.0726. The third-order valence-electron chi connectivity index (χ3n) is 5.23. The lowest BCUT2D eigenvalue weighted by Gasteiger charge is -2.30. The van der Waals surface area contributed by atoms with Crippen LogP contribution in [0.15, 0.2) is 30.5 Å². The fraction of sp³-hybridized carbons (Fsp3) is 0.538. The fourth-order valence-electron chi connectivity index (χ4n) is 3.66. The molecule has 2 atom stereocenters. The zero-order valence-electron chi connectivity index (χ0n) is 22.0. The molecule has 1 heterocycles. The Morgan fingerprint density at radius 3 is 2.22 bits per heavy atom. The van der Waals surface area contributed by atoms with Crippen molar-refractivity contribution in [2.75, 3.05) is 7.05 Å². The van der Waals surface area contributed by atoms with Crippen molar-refractivity contribution < 1.29 is 33.8 Å². The average molecular weight is 504 g/mol. The van der Waals surface area contributed by atoms with E-state index < -0.39 is 47.2 Å². The molecular formula is C26H37N3O7. The van der Waals surface area contributed by atoms with Crippen molar-refractivity contribution >= 4 is 34.8 Å². The Balaban J connectivity index is 2.24. The first-order valence-corrected chi connectivity index (χ1v) is 11.8. The van der Waals surface area contributed by atoms with Gasteiger partial charge in [0.15, 0.2) is 0 Å². The number of aliphatic carboxylic acids is 1. The van der Waals surface area contributed by atoms with E-state index in [4.69, 9.17) is 9.47 Å². The third-order valence-corrected chi connectivity index (χ3v) is 5.23. The number of carboxylic acid groups (broad SMARTS) is 1. The number of nitrogens with one attached hydrogen (secondary N) is 2. The van der Waals surface area contributed by atoms with Crippen LogP contribution < -0.4 is 5.32 Å². The summed E-state index contributed by atoms with van der Waals surface area (Å²) in [6.07, 6.45) is 0.681. The summed E-state index contributed by atoms with van der Waals surface area (Å²) in [4.78, 5) is 54.5. The number of carbonyl (C=O) groups is 4. The molecule has 0 aliphatic heterocycles. The van der Waals surface area contributed by atoms with Gasteiger partial charge in [0.2, 0.25) is 5.91 Å². The summed E-state index contributed by atoms with van der Waals surface area (Å²) in [6, 6.07) is 5.06. The van der Waals surface area contributed by atoms with Crippen molar-refractivity contribution in [2.45, 2.75) is 84.1 Å². The Morgan fingerprint density at radius 1 is 1.03 bits per heavy atom. The van der Waals surface area contributed by atoms with Gasteiger partial charge in [-0.2, -0.15) is 0 Å². The molecule has 36 heavy (non-hydrogen) atoms. The van der Waals surface area contributed by atoms with Crippen molar-refractivity contribution in [3.8, 4) is 0 Å². The quantitative estimate of drug-likeness (QED) is 0.444. The van der Waals surface area contributed by atoms with E-state index in [9.17, 15) is 24.3 Å². The number of amides is 2.